The van der Waals surface area contributed by atoms with Gasteiger partial charge in [-0.1, -0.05) is 0 Å². The summed E-state index contributed by atoms with van der Waals surface area (Å²) in [5.41, 5.74) is -0.500. The Hall–Kier alpha value is -0.770. The lowest BCUT2D eigenvalue weighted by Crippen LogP contribution is -2.37. The highest BCUT2D eigenvalue weighted by atomic mass is 16.6. The largest absolute Gasteiger partial charge is 0.444 e. The van der Waals surface area contributed by atoms with Crippen LogP contribution in [-0.2, 0) is 4.74 Å². The van der Waals surface area contributed by atoms with Crippen LogP contribution in [0.25, 0.3) is 0 Å². The zero-order chi connectivity index (χ0) is 9.78. The third-order valence-corrected chi connectivity index (χ3v) is 1.20. The molecule has 0 bridgehead atoms. The van der Waals surface area contributed by atoms with Gasteiger partial charge in [-0.05, 0) is 27.7 Å². The Bertz CT molecular complexity index is 147. The van der Waals surface area contributed by atoms with Gasteiger partial charge in [0.2, 0.25) is 0 Å². The van der Waals surface area contributed by atoms with Gasteiger partial charge in [0.25, 0.3) is 0 Å². The van der Waals surface area contributed by atoms with Gasteiger partial charge in [-0.3, -0.25) is 4.90 Å². The molecule has 0 radical (unpaired) electrons. The molecule has 4 heteroatoms. The number of aliphatic hydroxyl groups excluding tert-OH is 1. The minimum Gasteiger partial charge on any atom is -0.444 e. The van der Waals surface area contributed by atoms with E-state index in [1.165, 1.54) is 4.90 Å². The molecule has 4 nitrogen and oxygen atoms in total. The fraction of sp³-hybridized carbons (Fsp3) is 0.875. The summed E-state index contributed by atoms with van der Waals surface area (Å²) in [5.74, 6) is 0. The van der Waals surface area contributed by atoms with Crippen molar-refractivity contribution < 1.29 is 14.6 Å². The van der Waals surface area contributed by atoms with Crippen molar-refractivity contribution >= 4 is 6.09 Å². The summed E-state index contributed by atoms with van der Waals surface area (Å²) in [6.45, 7) is 7.29. The average Bonchev–Trinajstić information content (AvgIpc) is 1.85. The van der Waals surface area contributed by atoms with E-state index in [1.54, 1.807) is 27.7 Å². The Morgan fingerprint density at radius 2 is 2.00 bits per heavy atom. The van der Waals surface area contributed by atoms with Crippen LogP contribution in [0.1, 0.15) is 27.7 Å². The van der Waals surface area contributed by atoms with E-state index in [4.69, 9.17) is 9.84 Å². The number of ether oxygens (including phenoxy) is 1. The van der Waals surface area contributed by atoms with Crippen molar-refractivity contribution in [1.29, 1.82) is 0 Å². The van der Waals surface area contributed by atoms with Gasteiger partial charge >= 0.3 is 6.09 Å². The fourth-order valence-corrected chi connectivity index (χ4v) is 0.613. The van der Waals surface area contributed by atoms with Crippen LogP contribution in [0.3, 0.4) is 0 Å². The molecule has 0 aromatic heterocycles. The third-order valence-electron chi connectivity index (χ3n) is 1.20. The molecule has 0 spiro atoms. The van der Waals surface area contributed by atoms with Crippen molar-refractivity contribution in [3.05, 3.63) is 0 Å². The van der Waals surface area contributed by atoms with E-state index in [9.17, 15) is 4.79 Å². The Morgan fingerprint density at radius 1 is 1.50 bits per heavy atom. The molecule has 0 saturated carbocycles. The Morgan fingerprint density at radius 3 is 2.25 bits per heavy atom. The first-order chi connectivity index (χ1) is 5.40. The zero-order valence-electron chi connectivity index (χ0n) is 8.13. The summed E-state index contributed by atoms with van der Waals surface area (Å²) in [4.78, 5) is 12.4. The minimum absolute atomic E-state index is 0.300. The Balaban J connectivity index is 4.02. The summed E-state index contributed by atoms with van der Waals surface area (Å²) in [6, 6.07) is 0. The normalized spacial score (nSPS) is 11.1. The number of carbonyl (C=O) groups excluding carboxylic acids is 1. The molecule has 0 fully saturated rings. The molecule has 1 amide bonds. The number of rotatable bonds is 2. The lowest BCUT2D eigenvalue weighted by Gasteiger charge is -2.24. The molecule has 1 N–H and O–H groups in total. The van der Waals surface area contributed by atoms with Gasteiger partial charge in [-0.2, -0.15) is 0 Å². The third kappa shape index (κ3) is 4.18. The van der Waals surface area contributed by atoms with E-state index in [2.05, 4.69) is 0 Å². The van der Waals surface area contributed by atoms with Gasteiger partial charge in [-0.15, -0.1) is 0 Å². The van der Waals surface area contributed by atoms with Crippen LogP contribution in [0, 0.1) is 0 Å². The standard InChI is InChI=1S/C8H17NO3/c1-5-9(6-10)7(11)12-8(2,3)4/h10H,5-6H2,1-4H3. The molecular weight excluding hydrogens is 158 g/mol. The smallest absolute Gasteiger partial charge is 0.412 e. The molecular formula is C8H17NO3. The monoisotopic (exact) mass is 175 g/mol. The average molecular weight is 175 g/mol. The predicted octanol–water partition coefficient (Wildman–Crippen LogP) is 1.19. The van der Waals surface area contributed by atoms with E-state index in [1.807, 2.05) is 0 Å². The highest BCUT2D eigenvalue weighted by Gasteiger charge is 2.19. The van der Waals surface area contributed by atoms with Crippen LogP contribution in [0.5, 0.6) is 0 Å². The summed E-state index contributed by atoms with van der Waals surface area (Å²) >= 11 is 0. The number of aliphatic hydroxyl groups is 1. The number of amides is 1. The summed E-state index contributed by atoms with van der Waals surface area (Å²) in [6.07, 6.45) is -0.479. The SMILES string of the molecule is CCN(CO)C(=O)OC(C)(C)C. The van der Waals surface area contributed by atoms with Crippen molar-refractivity contribution in [3.63, 3.8) is 0 Å². The lowest BCUT2D eigenvalue weighted by atomic mass is 10.2. The van der Waals surface area contributed by atoms with Gasteiger partial charge in [-0.25, -0.2) is 4.79 Å². The van der Waals surface area contributed by atoms with Gasteiger partial charge in [0.05, 0.1) is 0 Å². The molecule has 0 heterocycles. The van der Waals surface area contributed by atoms with E-state index in [0.717, 1.165) is 0 Å². The minimum atomic E-state index is -0.500. The molecule has 0 aliphatic rings. The van der Waals surface area contributed by atoms with Gasteiger partial charge in [0.15, 0.2) is 0 Å². The van der Waals surface area contributed by atoms with Crippen molar-refractivity contribution in [2.75, 3.05) is 13.3 Å². The highest BCUT2D eigenvalue weighted by Crippen LogP contribution is 2.09. The molecule has 72 valence electrons. The second-order valence-electron chi connectivity index (χ2n) is 3.48. The van der Waals surface area contributed by atoms with E-state index < -0.39 is 11.7 Å². The van der Waals surface area contributed by atoms with Gasteiger partial charge in [0, 0.05) is 6.54 Å². The van der Waals surface area contributed by atoms with Crippen LogP contribution < -0.4 is 0 Å². The quantitative estimate of drug-likeness (QED) is 0.641. The fourth-order valence-electron chi connectivity index (χ4n) is 0.613. The molecule has 0 rings (SSSR count). The van der Waals surface area contributed by atoms with Gasteiger partial charge < -0.3 is 9.84 Å². The number of nitrogens with zero attached hydrogens (tertiary/aromatic N) is 1. The lowest BCUT2D eigenvalue weighted by molar-refractivity contribution is 0.00782. The van der Waals surface area contributed by atoms with Crippen LogP contribution in [0.2, 0.25) is 0 Å². The van der Waals surface area contributed by atoms with Gasteiger partial charge in [0.1, 0.15) is 12.3 Å². The maximum atomic E-state index is 11.2. The molecule has 0 unspecified atom stereocenters. The predicted molar refractivity (Wildman–Crippen MR) is 45.7 cm³/mol. The van der Waals surface area contributed by atoms with Crippen molar-refractivity contribution in [1.82, 2.24) is 4.90 Å². The van der Waals surface area contributed by atoms with Crippen molar-refractivity contribution in [2.45, 2.75) is 33.3 Å². The Kier molecular flexibility index (Phi) is 4.03. The van der Waals surface area contributed by atoms with Crippen LogP contribution in [-0.4, -0.2) is 35.0 Å². The molecule has 0 aromatic rings. The molecule has 12 heavy (non-hydrogen) atoms. The first-order valence-electron chi connectivity index (χ1n) is 3.99. The molecule has 0 aromatic carbocycles. The maximum absolute atomic E-state index is 11.2. The summed E-state index contributed by atoms with van der Waals surface area (Å²) in [7, 11) is 0. The topological polar surface area (TPSA) is 49.8 Å². The summed E-state index contributed by atoms with van der Waals surface area (Å²) < 4.78 is 5.01. The molecule has 0 atom stereocenters. The van der Waals surface area contributed by atoms with Crippen LogP contribution in [0.15, 0.2) is 0 Å². The zero-order valence-corrected chi connectivity index (χ0v) is 8.13. The highest BCUT2D eigenvalue weighted by molar-refractivity contribution is 5.67. The maximum Gasteiger partial charge on any atom is 0.412 e. The first-order valence-corrected chi connectivity index (χ1v) is 3.99. The molecule has 0 aliphatic carbocycles. The second-order valence-corrected chi connectivity index (χ2v) is 3.48. The van der Waals surface area contributed by atoms with Crippen molar-refractivity contribution in [2.24, 2.45) is 0 Å². The van der Waals surface area contributed by atoms with E-state index in [0.29, 0.717) is 6.54 Å². The molecule has 0 aliphatic heterocycles. The van der Waals surface area contributed by atoms with E-state index >= 15 is 0 Å². The number of hydrogen-bond donors (Lipinski definition) is 1. The summed E-state index contributed by atoms with van der Waals surface area (Å²) in [5, 5.41) is 8.72. The number of hydrogen-bond acceptors (Lipinski definition) is 3. The van der Waals surface area contributed by atoms with Crippen LogP contribution in [0.4, 0.5) is 4.79 Å². The van der Waals surface area contributed by atoms with E-state index in [-0.39, 0.29) is 6.73 Å². The second kappa shape index (κ2) is 4.30. The first kappa shape index (κ1) is 11.2. The Labute approximate surface area is 73.1 Å². The van der Waals surface area contributed by atoms with Crippen molar-refractivity contribution in [3.8, 4) is 0 Å². The number of carbonyl (C=O) groups is 1. The van der Waals surface area contributed by atoms with Crippen LogP contribution >= 0.6 is 0 Å². The molecule has 0 saturated heterocycles.